The van der Waals surface area contributed by atoms with Crippen LogP contribution in [0.4, 0.5) is 22.7 Å². The molecule has 4 aromatic rings. The molecule has 0 unspecified atom stereocenters. The molecule has 6 rings (SSSR count). The van der Waals surface area contributed by atoms with Crippen molar-refractivity contribution in [1.82, 2.24) is 10.6 Å². The molecule has 3 aromatic carbocycles. The number of sulfonamides is 2. The molecule has 18 heteroatoms. The molecule has 50 heavy (non-hydrogen) atoms. The molecule has 0 radical (unpaired) electrons. The summed E-state index contributed by atoms with van der Waals surface area (Å²) in [4.78, 5) is 4.54. The molecule has 0 bridgehead atoms. The van der Waals surface area contributed by atoms with Gasteiger partial charge in [0.05, 0.1) is 46.2 Å². The first-order chi connectivity index (χ1) is 23.9. The van der Waals surface area contributed by atoms with Gasteiger partial charge in [-0.3, -0.25) is 9.44 Å². The van der Waals surface area contributed by atoms with Gasteiger partial charge >= 0.3 is 0 Å². The molecular weight excluding hydrogens is 811 g/mol. The number of piperazine rings is 2. The number of thiophene rings is 1. The fourth-order valence-corrected chi connectivity index (χ4v) is 9.87. The van der Waals surface area contributed by atoms with Crippen LogP contribution in [-0.2, 0) is 20.0 Å². The Hall–Kier alpha value is -2.96. The lowest BCUT2D eigenvalue weighted by Crippen LogP contribution is -2.43. The lowest BCUT2D eigenvalue weighted by molar-refractivity contribution is 0.413. The monoisotopic (exact) mass is 846 g/mol. The molecule has 0 saturated carbocycles. The Bertz CT molecular complexity index is 1990. The molecule has 1 aromatic heterocycles. The van der Waals surface area contributed by atoms with E-state index in [1.165, 1.54) is 6.07 Å². The van der Waals surface area contributed by atoms with Crippen LogP contribution in [0.1, 0.15) is 0 Å². The Morgan fingerprint density at radius 1 is 0.700 bits per heavy atom. The van der Waals surface area contributed by atoms with E-state index in [2.05, 4.69) is 45.8 Å². The fraction of sp³-hybridized carbons (Fsp3) is 0.312. The van der Waals surface area contributed by atoms with Crippen LogP contribution in [0.2, 0.25) is 8.67 Å². The van der Waals surface area contributed by atoms with Gasteiger partial charge in [-0.25, -0.2) is 16.8 Å². The first kappa shape index (κ1) is 38.3. The molecule has 2 aliphatic rings. The summed E-state index contributed by atoms with van der Waals surface area (Å²) in [5.74, 6) is 1.43. The van der Waals surface area contributed by atoms with E-state index in [9.17, 15) is 16.8 Å². The molecule has 4 N–H and O–H groups in total. The maximum Gasteiger partial charge on any atom is 0.264 e. The Balaban J connectivity index is 0.000000194. The van der Waals surface area contributed by atoms with Gasteiger partial charge in [-0.15, -0.1) is 11.3 Å². The smallest absolute Gasteiger partial charge is 0.264 e. The number of halogens is 3. The van der Waals surface area contributed by atoms with E-state index in [1.54, 1.807) is 68.8 Å². The number of nitrogens with one attached hydrogen (secondary N) is 4. The molecule has 2 aliphatic heterocycles. The fourth-order valence-electron chi connectivity index (χ4n) is 5.36. The van der Waals surface area contributed by atoms with Gasteiger partial charge < -0.3 is 29.9 Å². The highest BCUT2D eigenvalue weighted by Crippen LogP contribution is 2.37. The molecular formula is C32H37BrCl2N6O6S3. The van der Waals surface area contributed by atoms with Crippen LogP contribution in [0, 0.1) is 0 Å². The summed E-state index contributed by atoms with van der Waals surface area (Å²) < 4.78 is 67.6. The third-order valence-electron chi connectivity index (χ3n) is 7.82. The number of hydrogen-bond acceptors (Lipinski definition) is 11. The second kappa shape index (κ2) is 17.0. The molecule has 2 saturated heterocycles. The van der Waals surface area contributed by atoms with Crippen molar-refractivity contribution in [3.05, 3.63) is 79.9 Å². The number of nitrogens with zero attached hydrogens (tertiary/aromatic N) is 2. The van der Waals surface area contributed by atoms with Gasteiger partial charge in [-0.05, 0) is 66.7 Å². The van der Waals surface area contributed by atoms with Crippen molar-refractivity contribution in [3.8, 4) is 11.5 Å². The van der Waals surface area contributed by atoms with Gasteiger partial charge in [-0.2, -0.15) is 0 Å². The number of hydrogen-bond donors (Lipinski definition) is 4. The van der Waals surface area contributed by atoms with Crippen molar-refractivity contribution in [2.75, 3.05) is 85.8 Å². The van der Waals surface area contributed by atoms with E-state index < -0.39 is 20.0 Å². The highest BCUT2D eigenvalue weighted by Gasteiger charge is 2.23. The van der Waals surface area contributed by atoms with Crippen LogP contribution in [0.25, 0.3) is 0 Å². The third kappa shape index (κ3) is 9.67. The van der Waals surface area contributed by atoms with Gasteiger partial charge in [0.15, 0.2) is 0 Å². The van der Waals surface area contributed by atoms with Crippen LogP contribution < -0.4 is 39.4 Å². The first-order valence-electron chi connectivity index (χ1n) is 15.4. The summed E-state index contributed by atoms with van der Waals surface area (Å²) in [6.45, 7) is 6.83. The van der Waals surface area contributed by atoms with E-state index in [1.807, 2.05) is 6.07 Å². The Morgan fingerprint density at radius 2 is 1.16 bits per heavy atom. The van der Waals surface area contributed by atoms with Crippen LogP contribution in [0.5, 0.6) is 11.5 Å². The van der Waals surface area contributed by atoms with E-state index in [0.29, 0.717) is 21.5 Å². The lowest BCUT2D eigenvalue weighted by atomic mass is 10.2. The lowest BCUT2D eigenvalue weighted by Gasteiger charge is -2.31. The van der Waals surface area contributed by atoms with Crippen molar-refractivity contribution in [2.24, 2.45) is 0 Å². The first-order valence-corrected chi connectivity index (χ1v) is 20.8. The second-order valence-electron chi connectivity index (χ2n) is 11.1. The van der Waals surface area contributed by atoms with Gasteiger partial charge in [-0.1, -0.05) is 39.1 Å². The minimum Gasteiger partial charge on any atom is -0.495 e. The Labute approximate surface area is 315 Å². The van der Waals surface area contributed by atoms with Crippen LogP contribution in [0.3, 0.4) is 0 Å². The number of methoxy groups -OCH3 is 2. The van der Waals surface area contributed by atoms with Crippen molar-refractivity contribution < 1.29 is 26.3 Å². The zero-order chi connectivity index (χ0) is 35.9. The molecule has 0 spiro atoms. The minimum atomic E-state index is -3.82. The van der Waals surface area contributed by atoms with E-state index >= 15 is 0 Å². The van der Waals surface area contributed by atoms with Crippen LogP contribution in [0.15, 0.2) is 81.0 Å². The summed E-state index contributed by atoms with van der Waals surface area (Å²) in [5, 5.41) is 6.59. The molecule has 270 valence electrons. The van der Waals surface area contributed by atoms with E-state index in [0.717, 1.165) is 85.3 Å². The summed E-state index contributed by atoms with van der Waals surface area (Å²) in [7, 11) is -4.24. The van der Waals surface area contributed by atoms with E-state index in [4.69, 9.17) is 32.7 Å². The van der Waals surface area contributed by atoms with Crippen molar-refractivity contribution >= 4 is 93.3 Å². The van der Waals surface area contributed by atoms with E-state index in [-0.39, 0.29) is 14.1 Å². The molecule has 2 fully saturated rings. The zero-order valence-electron chi connectivity index (χ0n) is 27.2. The van der Waals surface area contributed by atoms with Gasteiger partial charge in [0.2, 0.25) is 0 Å². The molecule has 12 nitrogen and oxygen atoms in total. The number of benzene rings is 3. The number of rotatable bonds is 10. The minimum absolute atomic E-state index is 0.0243. The summed E-state index contributed by atoms with van der Waals surface area (Å²) in [5.41, 5.74) is 2.68. The largest absolute Gasteiger partial charge is 0.495 e. The highest BCUT2D eigenvalue weighted by atomic mass is 79.9. The average molecular weight is 849 g/mol. The van der Waals surface area contributed by atoms with Crippen molar-refractivity contribution in [1.29, 1.82) is 0 Å². The Kier molecular flexibility index (Phi) is 13.0. The summed E-state index contributed by atoms with van der Waals surface area (Å²) in [6, 6.07) is 18.4. The van der Waals surface area contributed by atoms with Crippen LogP contribution in [-0.4, -0.2) is 83.4 Å². The third-order valence-corrected chi connectivity index (χ3v) is 12.9. The van der Waals surface area contributed by atoms with Gasteiger partial charge in [0.25, 0.3) is 20.0 Å². The predicted octanol–water partition coefficient (Wildman–Crippen LogP) is 5.94. The number of ether oxygens (including phenoxy) is 2. The maximum absolute atomic E-state index is 12.6. The van der Waals surface area contributed by atoms with Gasteiger partial charge in [0, 0.05) is 56.8 Å². The molecule has 0 amide bonds. The zero-order valence-corrected chi connectivity index (χ0v) is 32.8. The quantitative estimate of drug-likeness (QED) is 0.152. The SMILES string of the molecule is COc1ccc(NS(=O)(=O)c2cc(Cl)sc2Cl)cc1N1CCNCC1.COc1ccc(NS(=O)(=O)c2ccc(Br)cc2)cc1N1CCNCC1. The number of anilines is 4. The maximum atomic E-state index is 12.6. The molecule has 0 aliphatic carbocycles. The van der Waals surface area contributed by atoms with Crippen molar-refractivity contribution in [2.45, 2.75) is 9.79 Å². The van der Waals surface area contributed by atoms with Gasteiger partial charge in [0.1, 0.15) is 20.7 Å². The second-order valence-corrected chi connectivity index (χ2v) is 17.6. The highest BCUT2D eigenvalue weighted by molar-refractivity contribution is 9.10. The standard InChI is InChI=1S/C17H20BrN3O3S.C15H17Cl2N3O3S2/c1-24-17-7-4-14(12-16(17)21-10-8-19-9-11-21)20-25(22,23)15-5-2-13(18)3-6-15;1-23-12-3-2-10(8-11(12)20-6-4-18-5-7-20)19-25(21,22)13-9-14(16)24-15(13)17/h2-7,12,19-20H,8-11H2,1H3;2-3,8-9,18-19H,4-7H2,1H3. The molecule has 0 atom stereocenters. The Morgan fingerprint density at radius 3 is 1.58 bits per heavy atom. The summed E-state index contributed by atoms with van der Waals surface area (Å²) >= 11 is 16.2. The topological polar surface area (TPSA) is 141 Å². The normalized spacial score (nSPS) is 15.1. The summed E-state index contributed by atoms with van der Waals surface area (Å²) in [6.07, 6.45) is 0. The van der Waals surface area contributed by atoms with Crippen LogP contribution >= 0.6 is 50.5 Å². The molecule has 3 heterocycles. The van der Waals surface area contributed by atoms with Crippen molar-refractivity contribution in [3.63, 3.8) is 0 Å². The predicted molar refractivity (Wildman–Crippen MR) is 206 cm³/mol. The average Bonchev–Trinajstić information content (AvgIpc) is 3.47.